The summed E-state index contributed by atoms with van der Waals surface area (Å²) in [6, 6.07) is 0.296. The van der Waals surface area contributed by atoms with Crippen LogP contribution in [0.25, 0.3) is 0 Å². The molecule has 0 aromatic carbocycles. The number of nitrogens with zero attached hydrogens (tertiary/aromatic N) is 1. The fraction of sp³-hybridized carbons (Fsp3) is 0.941. The van der Waals surface area contributed by atoms with Gasteiger partial charge in [0.15, 0.2) is 0 Å². The Hall–Kier alpha value is -0.970. The zero-order valence-electron chi connectivity index (χ0n) is 16.1. The normalized spacial score (nSPS) is 37.4. The van der Waals surface area contributed by atoms with Gasteiger partial charge in [0.2, 0.25) is 0 Å². The minimum absolute atomic E-state index is 0.116. The molecule has 3 aliphatic rings. The topological polar surface area (TPSA) is 98.9 Å². The molecular formula is C17H34N6O3. The number of hydrogen-bond acceptors (Lipinski definition) is 7. The lowest BCUT2D eigenvalue weighted by Crippen LogP contribution is -2.68. The Bertz CT molecular complexity index is 466. The fourth-order valence-electron chi connectivity index (χ4n) is 3.88. The maximum Gasteiger partial charge on any atom is 0.317 e. The third-order valence-electron chi connectivity index (χ3n) is 5.26. The van der Waals surface area contributed by atoms with Gasteiger partial charge in [-0.15, -0.1) is 0 Å². The molecule has 9 heteroatoms. The van der Waals surface area contributed by atoms with Crippen LogP contribution in [0, 0.1) is 0 Å². The zero-order valence-corrected chi connectivity index (χ0v) is 16.1. The molecule has 0 bridgehead atoms. The third kappa shape index (κ3) is 5.77. The number of carbonyl (C=O) groups is 1. The quantitative estimate of drug-likeness (QED) is 0.422. The van der Waals surface area contributed by atoms with E-state index in [0.29, 0.717) is 12.8 Å². The predicted molar refractivity (Wildman–Crippen MR) is 98.4 cm³/mol. The summed E-state index contributed by atoms with van der Waals surface area (Å²) < 4.78 is 11.1. The van der Waals surface area contributed by atoms with Crippen LogP contribution in [0.15, 0.2) is 0 Å². The van der Waals surface area contributed by atoms with Gasteiger partial charge in [-0.05, 0) is 46.7 Å². The van der Waals surface area contributed by atoms with Crippen LogP contribution >= 0.6 is 0 Å². The van der Waals surface area contributed by atoms with Crippen LogP contribution in [-0.4, -0.2) is 81.7 Å². The second kappa shape index (κ2) is 9.29. The number of fused-ring (bicyclic) bond motifs is 1. The average Bonchev–Trinajstić information content (AvgIpc) is 3.01. The predicted octanol–water partition coefficient (Wildman–Crippen LogP) is -0.688. The SMILES string of the molecule is CC1CC(NCCN(C)C)NC(NC(=O)NC2CCC3OCOC3C2)N1. The molecule has 0 spiro atoms. The van der Waals surface area contributed by atoms with E-state index in [4.69, 9.17) is 9.47 Å². The summed E-state index contributed by atoms with van der Waals surface area (Å²) in [5.74, 6) is 0. The highest BCUT2D eigenvalue weighted by atomic mass is 16.7. The van der Waals surface area contributed by atoms with Gasteiger partial charge in [0, 0.05) is 25.2 Å². The molecule has 5 N–H and O–H groups in total. The lowest BCUT2D eigenvalue weighted by atomic mass is 9.91. The van der Waals surface area contributed by atoms with Gasteiger partial charge in [0.05, 0.1) is 18.4 Å². The third-order valence-corrected chi connectivity index (χ3v) is 5.26. The van der Waals surface area contributed by atoms with Crippen molar-refractivity contribution in [2.75, 3.05) is 34.0 Å². The van der Waals surface area contributed by atoms with Gasteiger partial charge < -0.3 is 30.3 Å². The summed E-state index contributed by atoms with van der Waals surface area (Å²) in [5.41, 5.74) is 0. The molecule has 0 aromatic rings. The summed E-state index contributed by atoms with van der Waals surface area (Å²) >= 11 is 0. The summed E-state index contributed by atoms with van der Waals surface area (Å²) in [7, 11) is 4.12. The van der Waals surface area contributed by atoms with E-state index < -0.39 is 0 Å². The van der Waals surface area contributed by atoms with Gasteiger partial charge in [0.25, 0.3) is 0 Å². The number of likely N-dealkylation sites (N-methyl/N-ethyl adjacent to an activating group) is 1. The van der Waals surface area contributed by atoms with Gasteiger partial charge in [-0.25, -0.2) is 4.79 Å². The lowest BCUT2D eigenvalue weighted by molar-refractivity contribution is 0.0393. The maximum atomic E-state index is 12.4. The number of rotatable bonds is 6. The van der Waals surface area contributed by atoms with Gasteiger partial charge in [-0.1, -0.05) is 0 Å². The smallest absolute Gasteiger partial charge is 0.317 e. The minimum atomic E-state index is -0.252. The Morgan fingerprint density at radius 3 is 2.73 bits per heavy atom. The Labute approximate surface area is 155 Å². The molecule has 6 unspecified atom stereocenters. The first-order chi connectivity index (χ1) is 12.5. The number of nitrogens with one attached hydrogen (secondary N) is 5. The summed E-state index contributed by atoms with van der Waals surface area (Å²) in [6.45, 7) is 4.40. The van der Waals surface area contributed by atoms with Crippen molar-refractivity contribution in [1.82, 2.24) is 31.5 Å². The zero-order chi connectivity index (χ0) is 18.5. The Balaban J connectivity index is 1.40. The fourth-order valence-corrected chi connectivity index (χ4v) is 3.88. The van der Waals surface area contributed by atoms with Crippen LogP contribution in [0.4, 0.5) is 4.79 Å². The van der Waals surface area contributed by atoms with Crippen molar-refractivity contribution in [1.29, 1.82) is 0 Å². The van der Waals surface area contributed by atoms with Crippen molar-refractivity contribution in [3.8, 4) is 0 Å². The molecule has 0 aromatic heterocycles. The molecule has 9 nitrogen and oxygen atoms in total. The molecule has 3 rings (SSSR count). The minimum Gasteiger partial charge on any atom is -0.349 e. The molecule has 1 aliphatic carbocycles. The molecule has 2 heterocycles. The van der Waals surface area contributed by atoms with Crippen molar-refractivity contribution < 1.29 is 14.3 Å². The van der Waals surface area contributed by atoms with Gasteiger partial charge >= 0.3 is 6.03 Å². The van der Waals surface area contributed by atoms with Crippen molar-refractivity contribution in [3.05, 3.63) is 0 Å². The number of ether oxygens (including phenoxy) is 2. The summed E-state index contributed by atoms with van der Waals surface area (Å²) in [4.78, 5) is 14.5. The standard InChI is InChI=1S/C17H34N6O3/c1-11-8-15(18-6-7-23(2)3)21-16(19-11)22-17(24)20-12-4-5-13-14(9-12)26-10-25-13/h11-16,18-19,21H,4-10H2,1-3H3,(H2,20,22,24). The monoisotopic (exact) mass is 370 g/mol. The largest absolute Gasteiger partial charge is 0.349 e. The van der Waals surface area contributed by atoms with E-state index in [0.717, 1.165) is 38.8 Å². The summed E-state index contributed by atoms with van der Waals surface area (Å²) in [5, 5.41) is 16.3. The highest BCUT2D eigenvalue weighted by Crippen LogP contribution is 2.28. The molecule has 0 radical (unpaired) electrons. The van der Waals surface area contributed by atoms with E-state index in [1.54, 1.807) is 0 Å². The molecular weight excluding hydrogens is 336 g/mol. The number of amides is 2. The molecule has 2 saturated heterocycles. The van der Waals surface area contributed by atoms with Gasteiger partial charge in [-0.2, -0.15) is 0 Å². The highest BCUT2D eigenvalue weighted by molar-refractivity contribution is 5.74. The number of hydrogen-bond donors (Lipinski definition) is 5. The van der Waals surface area contributed by atoms with Crippen LogP contribution in [-0.2, 0) is 9.47 Å². The first-order valence-corrected chi connectivity index (χ1v) is 9.70. The lowest BCUT2D eigenvalue weighted by Gasteiger charge is -2.37. The Morgan fingerprint density at radius 1 is 1.12 bits per heavy atom. The molecule has 150 valence electrons. The van der Waals surface area contributed by atoms with Crippen LogP contribution < -0.4 is 26.6 Å². The van der Waals surface area contributed by atoms with Crippen molar-refractivity contribution in [2.45, 2.75) is 69.4 Å². The first-order valence-electron chi connectivity index (χ1n) is 9.70. The molecule has 2 aliphatic heterocycles. The first kappa shape index (κ1) is 19.8. The van der Waals surface area contributed by atoms with Crippen LogP contribution in [0.1, 0.15) is 32.6 Å². The Kier molecular flexibility index (Phi) is 7.07. The Morgan fingerprint density at radius 2 is 1.92 bits per heavy atom. The van der Waals surface area contributed by atoms with E-state index in [1.807, 2.05) is 0 Å². The second-order valence-corrected chi connectivity index (χ2v) is 7.87. The molecule has 2 amide bonds. The van der Waals surface area contributed by atoms with E-state index in [1.165, 1.54) is 0 Å². The van der Waals surface area contributed by atoms with E-state index in [-0.39, 0.29) is 36.7 Å². The maximum absolute atomic E-state index is 12.4. The van der Waals surface area contributed by atoms with E-state index in [2.05, 4.69) is 52.5 Å². The van der Waals surface area contributed by atoms with Crippen molar-refractivity contribution in [3.63, 3.8) is 0 Å². The second-order valence-electron chi connectivity index (χ2n) is 7.87. The highest BCUT2D eigenvalue weighted by Gasteiger charge is 2.36. The van der Waals surface area contributed by atoms with Crippen LogP contribution in [0.3, 0.4) is 0 Å². The molecule has 1 saturated carbocycles. The summed E-state index contributed by atoms with van der Waals surface area (Å²) in [6.07, 6.45) is 3.89. The van der Waals surface area contributed by atoms with Gasteiger partial charge in [0.1, 0.15) is 13.1 Å². The number of carbonyl (C=O) groups excluding carboxylic acids is 1. The van der Waals surface area contributed by atoms with Crippen molar-refractivity contribution >= 4 is 6.03 Å². The van der Waals surface area contributed by atoms with Gasteiger partial charge in [-0.3, -0.25) is 10.6 Å². The molecule has 6 atom stereocenters. The van der Waals surface area contributed by atoms with Crippen molar-refractivity contribution in [2.24, 2.45) is 0 Å². The molecule has 26 heavy (non-hydrogen) atoms. The van der Waals surface area contributed by atoms with Crippen LogP contribution in [0.2, 0.25) is 0 Å². The average molecular weight is 370 g/mol. The number of urea groups is 1. The van der Waals surface area contributed by atoms with Crippen LogP contribution in [0.5, 0.6) is 0 Å². The van der Waals surface area contributed by atoms with E-state index in [9.17, 15) is 4.79 Å². The molecule has 3 fully saturated rings. The van der Waals surface area contributed by atoms with E-state index >= 15 is 0 Å².